The Morgan fingerprint density at radius 2 is 1.95 bits per heavy atom. The molecule has 0 saturated heterocycles. The highest BCUT2D eigenvalue weighted by Crippen LogP contribution is 2.31. The third kappa shape index (κ3) is 2.70. The highest BCUT2D eigenvalue weighted by Gasteiger charge is 2.29. The van der Waals surface area contributed by atoms with Crippen molar-refractivity contribution in [1.29, 1.82) is 0 Å². The Bertz CT molecular complexity index is 550. The van der Waals surface area contributed by atoms with Crippen molar-refractivity contribution in [3.05, 3.63) is 35.4 Å². The number of nitrogens with zero attached hydrogens (tertiary/aromatic N) is 1. The predicted octanol–water partition coefficient (Wildman–Crippen LogP) is 3.96. The van der Waals surface area contributed by atoms with E-state index in [1.807, 2.05) is 6.07 Å². The maximum Gasteiger partial charge on any atom is 0.141 e. The van der Waals surface area contributed by atoms with Crippen molar-refractivity contribution < 1.29 is 4.79 Å². The normalized spacial score (nSPS) is 21.4. The van der Waals surface area contributed by atoms with Gasteiger partial charge in [0.1, 0.15) is 5.78 Å². The van der Waals surface area contributed by atoms with Gasteiger partial charge in [-0.05, 0) is 44.2 Å². The van der Waals surface area contributed by atoms with Gasteiger partial charge < -0.3 is 0 Å². The molecule has 0 N–H and O–H groups in total. The van der Waals surface area contributed by atoms with Crippen LogP contribution in [0.15, 0.2) is 29.3 Å². The minimum absolute atomic E-state index is 0.0837. The quantitative estimate of drug-likeness (QED) is 0.816. The number of rotatable bonds is 3. The number of hydrogen-bond acceptors (Lipinski definition) is 2. The molecule has 0 spiro atoms. The van der Waals surface area contributed by atoms with Gasteiger partial charge in [-0.25, -0.2) is 0 Å². The summed E-state index contributed by atoms with van der Waals surface area (Å²) in [6, 6.07) is 8.42. The van der Waals surface area contributed by atoms with Crippen LogP contribution in [-0.4, -0.2) is 17.0 Å². The fraction of sp³-hybridized carbons (Fsp3) is 0.556. The standard InChI is InChI=1S/C18H23NO/c1-18(2)12-14-9-5-6-10-15(14)16(19-18)11-17(20)13-7-3-4-8-13/h5-6,9-10,13H,3-4,7-8,11-12H2,1-2H3. The third-order valence-corrected chi connectivity index (χ3v) is 4.54. The van der Waals surface area contributed by atoms with E-state index >= 15 is 0 Å². The number of carbonyl (C=O) groups is 1. The van der Waals surface area contributed by atoms with Gasteiger partial charge in [0, 0.05) is 12.3 Å². The van der Waals surface area contributed by atoms with E-state index in [4.69, 9.17) is 4.99 Å². The fourth-order valence-corrected chi connectivity index (χ4v) is 3.58. The maximum atomic E-state index is 12.5. The molecular weight excluding hydrogens is 246 g/mol. The van der Waals surface area contributed by atoms with Crippen molar-refractivity contribution in [2.24, 2.45) is 10.9 Å². The van der Waals surface area contributed by atoms with Crippen LogP contribution in [0.1, 0.15) is 57.1 Å². The van der Waals surface area contributed by atoms with Crippen LogP contribution in [0.3, 0.4) is 0 Å². The molecule has 0 aromatic heterocycles. The van der Waals surface area contributed by atoms with Crippen LogP contribution in [0.2, 0.25) is 0 Å². The SMILES string of the molecule is CC1(C)Cc2ccccc2C(CC(=O)C2CCCC2)=N1. The summed E-state index contributed by atoms with van der Waals surface area (Å²) >= 11 is 0. The first-order chi connectivity index (χ1) is 9.55. The molecule has 20 heavy (non-hydrogen) atoms. The van der Waals surface area contributed by atoms with Gasteiger partial charge in [0.2, 0.25) is 0 Å². The molecule has 106 valence electrons. The average Bonchev–Trinajstić information content (AvgIpc) is 2.91. The van der Waals surface area contributed by atoms with Gasteiger partial charge in [0.25, 0.3) is 0 Å². The minimum atomic E-state index is -0.0837. The van der Waals surface area contributed by atoms with Crippen molar-refractivity contribution in [3.8, 4) is 0 Å². The topological polar surface area (TPSA) is 29.4 Å². The van der Waals surface area contributed by atoms with Gasteiger partial charge >= 0.3 is 0 Å². The molecule has 2 heteroatoms. The summed E-state index contributed by atoms with van der Waals surface area (Å²) in [7, 11) is 0. The number of Topliss-reactive ketones (excluding diaryl/α,β-unsaturated/α-hetero) is 1. The Morgan fingerprint density at radius 1 is 1.25 bits per heavy atom. The smallest absolute Gasteiger partial charge is 0.141 e. The lowest BCUT2D eigenvalue weighted by molar-refractivity contribution is -0.121. The van der Waals surface area contributed by atoms with Crippen LogP contribution >= 0.6 is 0 Å². The van der Waals surface area contributed by atoms with E-state index in [-0.39, 0.29) is 11.5 Å². The molecule has 2 nitrogen and oxygen atoms in total. The van der Waals surface area contributed by atoms with Crippen molar-refractivity contribution in [1.82, 2.24) is 0 Å². The van der Waals surface area contributed by atoms with Gasteiger partial charge in [-0.2, -0.15) is 0 Å². The Kier molecular flexibility index (Phi) is 3.49. The molecule has 2 aliphatic rings. The van der Waals surface area contributed by atoms with Crippen molar-refractivity contribution >= 4 is 11.5 Å². The van der Waals surface area contributed by atoms with E-state index in [9.17, 15) is 4.79 Å². The van der Waals surface area contributed by atoms with Crippen LogP contribution in [0.4, 0.5) is 0 Å². The van der Waals surface area contributed by atoms with Crippen molar-refractivity contribution in [2.75, 3.05) is 0 Å². The largest absolute Gasteiger partial charge is 0.299 e. The summed E-state index contributed by atoms with van der Waals surface area (Å²) in [5, 5.41) is 0. The molecule has 1 aromatic carbocycles. The fourth-order valence-electron chi connectivity index (χ4n) is 3.58. The minimum Gasteiger partial charge on any atom is -0.299 e. The van der Waals surface area contributed by atoms with Crippen molar-refractivity contribution in [3.63, 3.8) is 0 Å². The Morgan fingerprint density at radius 3 is 2.70 bits per heavy atom. The van der Waals surface area contributed by atoms with E-state index in [1.165, 1.54) is 24.0 Å². The summed E-state index contributed by atoms with van der Waals surface area (Å²) in [5.74, 6) is 0.684. The van der Waals surface area contributed by atoms with Crippen molar-refractivity contribution in [2.45, 2.75) is 57.9 Å². The molecular formula is C18H23NO. The summed E-state index contributed by atoms with van der Waals surface area (Å²) in [6.07, 6.45) is 6.07. The van der Waals surface area contributed by atoms with Crippen LogP contribution in [0, 0.1) is 5.92 Å². The first-order valence-corrected chi connectivity index (χ1v) is 7.75. The molecule has 0 radical (unpaired) electrons. The Hall–Kier alpha value is -1.44. The average molecular weight is 269 g/mol. The number of benzene rings is 1. The van der Waals surface area contributed by atoms with E-state index in [0.29, 0.717) is 12.2 Å². The first kappa shape index (κ1) is 13.5. The van der Waals surface area contributed by atoms with E-state index in [1.54, 1.807) is 0 Å². The summed E-state index contributed by atoms with van der Waals surface area (Å²) in [6.45, 7) is 4.31. The molecule has 0 bridgehead atoms. The number of ketones is 1. The summed E-state index contributed by atoms with van der Waals surface area (Å²) in [5.41, 5.74) is 3.45. The van der Waals surface area contributed by atoms with Crippen LogP contribution in [0.5, 0.6) is 0 Å². The van der Waals surface area contributed by atoms with E-state index in [2.05, 4.69) is 32.0 Å². The number of fused-ring (bicyclic) bond motifs is 1. The molecule has 1 heterocycles. The molecule has 1 saturated carbocycles. The zero-order valence-electron chi connectivity index (χ0n) is 12.5. The molecule has 0 unspecified atom stereocenters. The lowest BCUT2D eigenvalue weighted by Gasteiger charge is -2.29. The van der Waals surface area contributed by atoms with Gasteiger partial charge in [-0.15, -0.1) is 0 Å². The second-order valence-corrected chi connectivity index (χ2v) is 6.83. The molecule has 0 amide bonds. The van der Waals surface area contributed by atoms with Crippen LogP contribution < -0.4 is 0 Å². The summed E-state index contributed by atoms with van der Waals surface area (Å²) < 4.78 is 0. The maximum absolute atomic E-state index is 12.5. The lowest BCUT2D eigenvalue weighted by atomic mass is 9.84. The molecule has 1 aromatic rings. The molecule has 0 atom stereocenters. The zero-order chi connectivity index (χ0) is 14.2. The Balaban J connectivity index is 1.86. The Labute approximate surface area is 121 Å². The van der Waals surface area contributed by atoms with Crippen LogP contribution in [-0.2, 0) is 11.2 Å². The van der Waals surface area contributed by atoms with Gasteiger partial charge in [0.05, 0.1) is 11.3 Å². The number of carbonyl (C=O) groups excluding carboxylic acids is 1. The van der Waals surface area contributed by atoms with Gasteiger partial charge in [-0.1, -0.05) is 37.1 Å². The molecule has 1 aliphatic heterocycles. The molecule has 1 fully saturated rings. The highest BCUT2D eigenvalue weighted by molar-refractivity contribution is 6.13. The predicted molar refractivity (Wildman–Crippen MR) is 82.3 cm³/mol. The molecule has 1 aliphatic carbocycles. The second kappa shape index (κ2) is 5.16. The van der Waals surface area contributed by atoms with E-state index in [0.717, 1.165) is 25.0 Å². The number of hydrogen-bond donors (Lipinski definition) is 0. The zero-order valence-corrected chi connectivity index (χ0v) is 12.5. The summed E-state index contributed by atoms with van der Waals surface area (Å²) in [4.78, 5) is 17.3. The first-order valence-electron chi connectivity index (χ1n) is 7.75. The van der Waals surface area contributed by atoms with Gasteiger partial charge in [-0.3, -0.25) is 9.79 Å². The third-order valence-electron chi connectivity index (χ3n) is 4.54. The van der Waals surface area contributed by atoms with Crippen LogP contribution in [0.25, 0.3) is 0 Å². The number of aliphatic imine (C=N–C) groups is 1. The monoisotopic (exact) mass is 269 g/mol. The van der Waals surface area contributed by atoms with E-state index < -0.39 is 0 Å². The lowest BCUT2D eigenvalue weighted by Crippen LogP contribution is -2.30. The second-order valence-electron chi connectivity index (χ2n) is 6.83. The highest BCUT2D eigenvalue weighted by atomic mass is 16.1. The molecule has 3 rings (SSSR count). The van der Waals surface area contributed by atoms with Gasteiger partial charge in [0.15, 0.2) is 0 Å².